The van der Waals surface area contributed by atoms with E-state index in [1.54, 1.807) is 23.7 Å². The zero-order valence-corrected chi connectivity index (χ0v) is 16.7. The van der Waals surface area contributed by atoms with Crippen LogP contribution in [-0.4, -0.2) is 27.3 Å². The highest BCUT2D eigenvalue weighted by molar-refractivity contribution is 6.30. The molecule has 2 aromatic heterocycles. The molecule has 0 saturated carbocycles. The summed E-state index contributed by atoms with van der Waals surface area (Å²) in [5, 5.41) is 5.88. The van der Waals surface area contributed by atoms with Gasteiger partial charge >= 0.3 is 5.97 Å². The van der Waals surface area contributed by atoms with Crippen LogP contribution in [0.4, 0.5) is 0 Å². The summed E-state index contributed by atoms with van der Waals surface area (Å²) in [7, 11) is 0. The lowest BCUT2D eigenvalue weighted by Gasteiger charge is -2.05. The predicted molar refractivity (Wildman–Crippen MR) is 117 cm³/mol. The van der Waals surface area contributed by atoms with Gasteiger partial charge in [-0.3, -0.25) is 4.79 Å². The second-order valence-electron chi connectivity index (χ2n) is 6.83. The first-order valence-corrected chi connectivity index (χ1v) is 9.85. The third kappa shape index (κ3) is 2.69. The summed E-state index contributed by atoms with van der Waals surface area (Å²) in [6.45, 7) is 1.99. The maximum absolute atomic E-state index is 13.4. The Kier molecular flexibility index (Phi) is 4.29. The van der Waals surface area contributed by atoms with Crippen LogP contribution in [0.3, 0.4) is 0 Å². The Bertz CT molecular complexity index is 1450. The lowest BCUT2D eigenvalue weighted by atomic mass is 10.1. The molecule has 2 aliphatic rings. The predicted octanol–water partition coefficient (Wildman–Crippen LogP) is 4.80. The van der Waals surface area contributed by atoms with Gasteiger partial charge in [-0.2, -0.15) is 5.10 Å². The second kappa shape index (κ2) is 7.00. The van der Waals surface area contributed by atoms with E-state index in [2.05, 4.69) is 10.1 Å². The van der Waals surface area contributed by atoms with Crippen molar-refractivity contribution >= 4 is 39.5 Å². The quantitative estimate of drug-likeness (QED) is 0.428. The molecule has 0 amide bonds. The number of nitrogens with zero attached hydrogens (tertiary/aromatic N) is 2. The van der Waals surface area contributed by atoms with Crippen molar-refractivity contribution in [2.75, 3.05) is 6.61 Å². The number of carbonyl (C=O) groups is 1. The molecule has 2 aliphatic carbocycles. The Labute approximate surface area is 176 Å². The van der Waals surface area contributed by atoms with Crippen molar-refractivity contribution in [3.63, 3.8) is 0 Å². The first-order valence-electron chi connectivity index (χ1n) is 9.47. The number of carbonyl (C=O) groups excluding carboxylic acids is 1. The molecule has 0 unspecified atom stereocenters. The molecule has 148 valence electrons. The van der Waals surface area contributed by atoms with E-state index < -0.39 is 5.97 Å². The van der Waals surface area contributed by atoms with E-state index >= 15 is 0 Å². The third-order valence-electron chi connectivity index (χ3n) is 5.11. The Morgan fingerprint density at radius 3 is 2.57 bits per heavy atom. The molecule has 0 atom stereocenters. The Morgan fingerprint density at radius 1 is 1.10 bits per heavy atom. The summed E-state index contributed by atoms with van der Waals surface area (Å²) in [5.74, 6) is -0.476. The number of halogens is 1. The fraction of sp³-hybridized carbons (Fsp3) is 0.0870. The minimum Gasteiger partial charge on any atom is -0.462 e. The van der Waals surface area contributed by atoms with Crippen LogP contribution in [0, 0.1) is 0 Å². The average molecular weight is 418 g/mol. The first-order chi connectivity index (χ1) is 14.6. The van der Waals surface area contributed by atoms with Crippen LogP contribution in [0.5, 0.6) is 0 Å². The van der Waals surface area contributed by atoms with Gasteiger partial charge in [0.25, 0.3) is 0 Å². The Hall–Kier alpha value is -3.64. The van der Waals surface area contributed by atoms with Gasteiger partial charge in [-0.25, -0.2) is 9.48 Å². The van der Waals surface area contributed by atoms with E-state index in [0.29, 0.717) is 43.6 Å². The van der Waals surface area contributed by atoms with Crippen LogP contribution in [0.1, 0.15) is 17.3 Å². The van der Waals surface area contributed by atoms with Crippen molar-refractivity contribution < 1.29 is 9.53 Å². The summed E-state index contributed by atoms with van der Waals surface area (Å²) in [6, 6.07) is 16.3. The lowest BCUT2D eigenvalue weighted by molar-refractivity contribution is 0.0529. The van der Waals surface area contributed by atoms with Crippen molar-refractivity contribution in [3.05, 3.63) is 81.6 Å². The van der Waals surface area contributed by atoms with Crippen LogP contribution in [0.2, 0.25) is 5.02 Å². The largest absolute Gasteiger partial charge is 0.462 e. The molecule has 30 heavy (non-hydrogen) atoms. The fourth-order valence-corrected chi connectivity index (χ4v) is 3.95. The van der Waals surface area contributed by atoms with E-state index in [9.17, 15) is 9.59 Å². The topological polar surface area (TPSA) is 77.0 Å². The number of pyridine rings is 1. The molecule has 2 heterocycles. The van der Waals surface area contributed by atoms with Crippen LogP contribution in [0.15, 0.2) is 65.6 Å². The molecular weight excluding hydrogens is 402 g/mol. The molecule has 1 aromatic carbocycles. The van der Waals surface area contributed by atoms with Crippen molar-refractivity contribution in [2.45, 2.75) is 6.92 Å². The summed E-state index contributed by atoms with van der Waals surface area (Å²) in [5.41, 5.74) is 3.21. The molecule has 1 N–H and O–H groups in total. The van der Waals surface area contributed by atoms with Crippen LogP contribution >= 0.6 is 11.6 Å². The molecule has 3 aromatic rings. The molecular formula is C23H16ClN3O3. The van der Waals surface area contributed by atoms with Crippen LogP contribution < -0.4 is 5.43 Å². The minimum absolute atomic E-state index is 0.189. The number of aromatic amines is 1. The van der Waals surface area contributed by atoms with E-state index in [1.165, 1.54) is 6.20 Å². The van der Waals surface area contributed by atoms with E-state index in [4.69, 9.17) is 16.3 Å². The highest BCUT2D eigenvalue weighted by Crippen LogP contribution is 2.37. The number of esters is 1. The van der Waals surface area contributed by atoms with Gasteiger partial charge in [0.15, 0.2) is 0 Å². The molecule has 0 aliphatic heterocycles. The van der Waals surface area contributed by atoms with E-state index in [1.807, 2.05) is 42.5 Å². The Balaban J connectivity index is 1.91. The molecule has 7 heteroatoms. The molecule has 0 spiro atoms. The van der Waals surface area contributed by atoms with Gasteiger partial charge in [-0.05, 0) is 42.3 Å². The number of hydrogen-bond donors (Lipinski definition) is 1. The van der Waals surface area contributed by atoms with Gasteiger partial charge in [0.1, 0.15) is 5.65 Å². The SMILES string of the molecule is CCOC(=O)c1c2cccccc-2c2c(=O)c3cnn(-c4ccc(Cl)cc4)c3[nH]c12. The number of H-pyrrole nitrogens is 1. The highest BCUT2D eigenvalue weighted by atomic mass is 35.5. The molecule has 6 nitrogen and oxygen atoms in total. The lowest BCUT2D eigenvalue weighted by Crippen LogP contribution is -2.08. The van der Waals surface area contributed by atoms with Crippen molar-refractivity contribution in [2.24, 2.45) is 0 Å². The smallest absolute Gasteiger partial charge is 0.340 e. The standard InChI is InChI=1S/C23H16ClN3O3/c1-2-30-23(29)19-16-7-5-3-4-6-15(16)18-20(19)26-22-17(21(18)28)12-25-27(22)14-10-8-13(24)9-11-14/h3-12H,2H2,1H3,(H,26,28). The molecule has 5 rings (SSSR count). The maximum atomic E-state index is 13.4. The fourth-order valence-electron chi connectivity index (χ4n) is 3.82. The van der Waals surface area contributed by atoms with Gasteiger partial charge in [0.2, 0.25) is 5.43 Å². The van der Waals surface area contributed by atoms with Gasteiger partial charge in [-0.1, -0.05) is 41.9 Å². The van der Waals surface area contributed by atoms with Gasteiger partial charge in [0.05, 0.1) is 40.3 Å². The van der Waals surface area contributed by atoms with Crippen molar-refractivity contribution in [1.29, 1.82) is 0 Å². The monoisotopic (exact) mass is 417 g/mol. The zero-order chi connectivity index (χ0) is 20.8. The summed E-state index contributed by atoms with van der Waals surface area (Å²) in [6.07, 6.45) is 1.54. The average Bonchev–Trinajstić information content (AvgIpc) is 3.20. The number of nitrogens with one attached hydrogen (secondary N) is 1. The highest BCUT2D eigenvalue weighted by Gasteiger charge is 2.27. The third-order valence-corrected chi connectivity index (χ3v) is 5.36. The molecule has 0 fully saturated rings. The number of aromatic nitrogens is 3. The van der Waals surface area contributed by atoms with E-state index in [0.717, 1.165) is 5.69 Å². The minimum atomic E-state index is -0.476. The van der Waals surface area contributed by atoms with Gasteiger partial charge in [0, 0.05) is 5.02 Å². The normalized spacial score (nSPS) is 11.4. The summed E-state index contributed by atoms with van der Waals surface area (Å²) >= 11 is 6.00. The van der Waals surface area contributed by atoms with E-state index in [-0.39, 0.29) is 12.0 Å². The van der Waals surface area contributed by atoms with Crippen LogP contribution in [0.25, 0.3) is 38.8 Å². The summed E-state index contributed by atoms with van der Waals surface area (Å²) < 4.78 is 6.92. The first kappa shape index (κ1) is 18.4. The van der Waals surface area contributed by atoms with Crippen molar-refractivity contribution in [3.8, 4) is 16.8 Å². The number of benzene rings is 1. The number of fused-ring (bicyclic) bond motifs is 4. The van der Waals surface area contributed by atoms with Crippen molar-refractivity contribution in [1.82, 2.24) is 14.8 Å². The maximum Gasteiger partial charge on any atom is 0.340 e. The van der Waals surface area contributed by atoms with Crippen LogP contribution in [-0.2, 0) is 4.74 Å². The van der Waals surface area contributed by atoms with Gasteiger partial charge < -0.3 is 9.72 Å². The molecule has 0 bridgehead atoms. The Morgan fingerprint density at radius 2 is 1.83 bits per heavy atom. The summed E-state index contributed by atoms with van der Waals surface area (Å²) in [4.78, 5) is 29.6. The molecule has 0 saturated heterocycles. The molecule has 0 radical (unpaired) electrons. The zero-order valence-electron chi connectivity index (χ0n) is 16.0. The number of hydrogen-bond acceptors (Lipinski definition) is 4. The second-order valence-corrected chi connectivity index (χ2v) is 7.27. The number of ether oxygens (including phenoxy) is 1. The van der Waals surface area contributed by atoms with Gasteiger partial charge in [-0.15, -0.1) is 0 Å². The number of rotatable bonds is 3.